The fraction of sp³-hybridized carbons (Fsp3) is 0.667. The van der Waals surface area contributed by atoms with Gasteiger partial charge in [0, 0.05) is 29.7 Å². The molecule has 0 aliphatic heterocycles. The van der Waals surface area contributed by atoms with Crippen molar-refractivity contribution in [3.8, 4) is 0 Å². The number of halogens is 1. The van der Waals surface area contributed by atoms with Crippen LogP contribution in [0.25, 0.3) is 0 Å². The normalized spacial score (nSPS) is 14.5. The Morgan fingerprint density at radius 1 is 1.10 bits per heavy atom. The minimum Gasteiger partial charge on any atom is -0.311 e. The van der Waals surface area contributed by atoms with Crippen molar-refractivity contribution in [1.29, 1.82) is 0 Å². The molecule has 120 valence electrons. The Hall–Kier alpha value is -0.570. The average Bonchev–Trinajstić information content (AvgIpc) is 2.35. The van der Waals surface area contributed by atoms with Crippen LogP contribution in [-0.2, 0) is 0 Å². The number of rotatable bonds is 6. The number of benzene rings is 1. The van der Waals surface area contributed by atoms with Crippen molar-refractivity contribution in [2.75, 3.05) is 20.1 Å². The van der Waals surface area contributed by atoms with Crippen LogP contribution in [0.2, 0.25) is 5.02 Å². The Bertz CT molecular complexity index is 432. The fourth-order valence-corrected chi connectivity index (χ4v) is 2.49. The summed E-state index contributed by atoms with van der Waals surface area (Å²) in [7, 11) is 2.19. The molecule has 3 heteroatoms. The van der Waals surface area contributed by atoms with E-state index >= 15 is 0 Å². The summed E-state index contributed by atoms with van der Waals surface area (Å²) >= 11 is 5.96. The largest absolute Gasteiger partial charge is 0.311 e. The lowest BCUT2D eigenvalue weighted by atomic mass is 9.90. The second-order valence-electron chi connectivity index (χ2n) is 7.91. The zero-order valence-corrected chi connectivity index (χ0v) is 15.4. The Kier molecular flexibility index (Phi) is 6.27. The Labute approximate surface area is 135 Å². The lowest BCUT2D eigenvalue weighted by Crippen LogP contribution is -2.46. The van der Waals surface area contributed by atoms with E-state index in [0.717, 1.165) is 18.1 Å². The van der Waals surface area contributed by atoms with Gasteiger partial charge in [-0.1, -0.05) is 37.6 Å². The van der Waals surface area contributed by atoms with Crippen molar-refractivity contribution < 1.29 is 0 Å². The second kappa shape index (κ2) is 7.13. The first-order chi connectivity index (χ1) is 9.50. The van der Waals surface area contributed by atoms with Crippen LogP contribution < -0.4 is 5.32 Å². The van der Waals surface area contributed by atoms with Gasteiger partial charge in [0.2, 0.25) is 0 Å². The molecule has 0 saturated heterocycles. The van der Waals surface area contributed by atoms with Crippen LogP contribution in [0.15, 0.2) is 24.3 Å². The molecule has 0 spiro atoms. The zero-order valence-electron chi connectivity index (χ0n) is 14.6. The highest BCUT2D eigenvalue weighted by Gasteiger charge is 2.24. The van der Waals surface area contributed by atoms with E-state index in [-0.39, 0.29) is 11.0 Å². The van der Waals surface area contributed by atoms with Crippen molar-refractivity contribution in [3.05, 3.63) is 34.9 Å². The Morgan fingerprint density at radius 2 is 1.62 bits per heavy atom. The average molecular weight is 311 g/mol. The van der Waals surface area contributed by atoms with Crippen molar-refractivity contribution in [3.63, 3.8) is 0 Å². The molecule has 0 aromatic heterocycles. The van der Waals surface area contributed by atoms with Gasteiger partial charge in [0.05, 0.1) is 0 Å². The topological polar surface area (TPSA) is 15.3 Å². The maximum atomic E-state index is 5.96. The summed E-state index contributed by atoms with van der Waals surface area (Å²) in [6.07, 6.45) is 0. The first-order valence-corrected chi connectivity index (χ1v) is 8.09. The van der Waals surface area contributed by atoms with Crippen LogP contribution in [0.1, 0.15) is 53.1 Å². The first kappa shape index (κ1) is 18.5. The predicted octanol–water partition coefficient (Wildman–Crippen LogP) is 4.75. The molecule has 1 aromatic rings. The number of nitrogens with zero attached hydrogens (tertiary/aromatic N) is 1. The molecule has 1 rings (SSSR count). The van der Waals surface area contributed by atoms with E-state index in [9.17, 15) is 0 Å². The highest BCUT2D eigenvalue weighted by molar-refractivity contribution is 6.30. The number of nitrogens with one attached hydrogen (secondary N) is 1. The van der Waals surface area contributed by atoms with Crippen LogP contribution >= 0.6 is 11.6 Å². The summed E-state index contributed by atoms with van der Waals surface area (Å²) in [5, 5.41) is 4.40. The van der Waals surface area contributed by atoms with Gasteiger partial charge in [-0.2, -0.15) is 0 Å². The maximum absolute atomic E-state index is 5.96. The molecule has 1 unspecified atom stereocenters. The molecule has 21 heavy (non-hydrogen) atoms. The van der Waals surface area contributed by atoms with E-state index in [1.54, 1.807) is 0 Å². The quantitative estimate of drug-likeness (QED) is 0.816. The number of hydrogen-bond acceptors (Lipinski definition) is 2. The van der Waals surface area contributed by atoms with E-state index in [4.69, 9.17) is 11.6 Å². The van der Waals surface area contributed by atoms with Gasteiger partial charge < -0.3 is 5.32 Å². The monoisotopic (exact) mass is 310 g/mol. The van der Waals surface area contributed by atoms with E-state index in [1.165, 1.54) is 5.56 Å². The predicted molar refractivity (Wildman–Crippen MR) is 94.0 cm³/mol. The van der Waals surface area contributed by atoms with Crippen LogP contribution in [0.4, 0.5) is 0 Å². The minimum absolute atomic E-state index is 0.164. The molecule has 0 aliphatic carbocycles. The molecular weight excluding hydrogens is 280 g/mol. The molecular formula is C18H31ClN2. The molecule has 1 atom stereocenters. The summed E-state index contributed by atoms with van der Waals surface area (Å²) in [5.41, 5.74) is 1.70. The molecule has 0 fully saturated rings. The van der Waals surface area contributed by atoms with Crippen molar-refractivity contribution in [1.82, 2.24) is 10.2 Å². The van der Waals surface area contributed by atoms with Gasteiger partial charge in [-0.3, -0.25) is 4.90 Å². The van der Waals surface area contributed by atoms with Gasteiger partial charge in [0.15, 0.2) is 0 Å². The second-order valence-corrected chi connectivity index (χ2v) is 8.35. The van der Waals surface area contributed by atoms with Gasteiger partial charge >= 0.3 is 0 Å². The van der Waals surface area contributed by atoms with Crippen molar-refractivity contribution >= 4 is 11.6 Å². The third-order valence-electron chi connectivity index (χ3n) is 3.79. The third-order valence-corrected chi connectivity index (χ3v) is 4.04. The first-order valence-electron chi connectivity index (χ1n) is 7.71. The lowest BCUT2D eigenvalue weighted by Gasteiger charge is -2.36. The zero-order chi connectivity index (χ0) is 16.3. The molecule has 1 N–H and O–H groups in total. The molecule has 2 nitrogen and oxygen atoms in total. The van der Waals surface area contributed by atoms with E-state index in [0.29, 0.717) is 6.04 Å². The van der Waals surface area contributed by atoms with Crippen LogP contribution in [0.5, 0.6) is 0 Å². The molecule has 0 aliphatic rings. The van der Waals surface area contributed by atoms with Gasteiger partial charge in [-0.15, -0.1) is 0 Å². The summed E-state index contributed by atoms with van der Waals surface area (Å²) in [4.78, 5) is 2.41. The Morgan fingerprint density at radius 3 is 2.10 bits per heavy atom. The summed E-state index contributed by atoms with van der Waals surface area (Å²) in [5.74, 6) is 0. The van der Waals surface area contributed by atoms with Crippen LogP contribution in [0.3, 0.4) is 0 Å². The lowest BCUT2D eigenvalue weighted by molar-refractivity contribution is 0.158. The van der Waals surface area contributed by atoms with E-state index in [2.05, 4.69) is 70.9 Å². The van der Waals surface area contributed by atoms with Gasteiger partial charge in [0.1, 0.15) is 0 Å². The van der Waals surface area contributed by atoms with Gasteiger partial charge in [-0.05, 0) is 57.9 Å². The molecule has 0 bridgehead atoms. The molecule has 0 heterocycles. The van der Waals surface area contributed by atoms with Crippen LogP contribution in [0, 0.1) is 5.41 Å². The van der Waals surface area contributed by atoms with Crippen molar-refractivity contribution in [2.45, 2.75) is 53.1 Å². The van der Waals surface area contributed by atoms with Gasteiger partial charge in [-0.25, -0.2) is 0 Å². The summed E-state index contributed by atoms with van der Waals surface area (Å²) in [6, 6.07) is 8.55. The minimum atomic E-state index is 0.164. The molecule has 1 aromatic carbocycles. The highest BCUT2D eigenvalue weighted by Crippen LogP contribution is 2.25. The standard InChI is InChI=1S/C18H31ClN2/c1-14(15-8-10-16(19)11-9-15)21(7)13-18(5,6)12-20-17(2,3)4/h8-11,14,20H,12-13H2,1-7H3. The molecule has 0 radical (unpaired) electrons. The summed E-state index contributed by atoms with van der Waals surface area (Å²) < 4.78 is 0. The maximum Gasteiger partial charge on any atom is 0.0406 e. The van der Waals surface area contributed by atoms with E-state index < -0.39 is 0 Å². The smallest absolute Gasteiger partial charge is 0.0406 e. The van der Waals surface area contributed by atoms with Crippen LogP contribution in [-0.4, -0.2) is 30.6 Å². The fourth-order valence-electron chi connectivity index (χ4n) is 2.37. The molecule has 0 amide bonds. The third kappa shape index (κ3) is 6.82. The van der Waals surface area contributed by atoms with E-state index in [1.807, 2.05) is 12.1 Å². The highest BCUT2D eigenvalue weighted by atomic mass is 35.5. The Balaban J connectivity index is 2.62. The van der Waals surface area contributed by atoms with Gasteiger partial charge in [0.25, 0.3) is 0 Å². The number of hydrogen-bond donors (Lipinski definition) is 1. The summed E-state index contributed by atoms with van der Waals surface area (Å²) in [6.45, 7) is 15.6. The SMILES string of the molecule is CC(c1ccc(Cl)cc1)N(C)CC(C)(C)CNC(C)(C)C. The van der Waals surface area contributed by atoms with Crippen molar-refractivity contribution in [2.24, 2.45) is 5.41 Å². The molecule has 0 saturated carbocycles.